The van der Waals surface area contributed by atoms with Gasteiger partial charge in [-0.05, 0) is 44.0 Å². The number of hydrogen-bond donors (Lipinski definition) is 1. The van der Waals surface area contributed by atoms with Crippen LogP contribution < -0.4 is 0 Å². The van der Waals surface area contributed by atoms with Crippen LogP contribution in [0.1, 0.15) is 28.9 Å². The summed E-state index contributed by atoms with van der Waals surface area (Å²) >= 11 is 0. The van der Waals surface area contributed by atoms with Gasteiger partial charge in [0, 0.05) is 29.7 Å². The van der Waals surface area contributed by atoms with Gasteiger partial charge in [0.25, 0.3) is 5.91 Å². The van der Waals surface area contributed by atoms with Gasteiger partial charge in [-0.1, -0.05) is 6.07 Å². The Balaban J connectivity index is 1.78. The average molecular weight is 298 g/mol. The third-order valence-corrected chi connectivity index (χ3v) is 4.21. The minimum Gasteiger partial charge on any atom is -0.481 e. The van der Waals surface area contributed by atoms with Crippen molar-refractivity contribution in [2.45, 2.75) is 19.8 Å². The molecular formula is C17H18N2O3. The van der Waals surface area contributed by atoms with Crippen molar-refractivity contribution in [3.63, 3.8) is 0 Å². The van der Waals surface area contributed by atoms with E-state index in [9.17, 15) is 9.59 Å². The molecule has 1 fully saturated rings. The van der Waals surface area contributed by atoms with Crippen molar-refractivity contribution in [1.29, 1.82) is 0 Å². The van der Waals surface area contributed by atoms with Crippen LogP contribution >= 0.6 is 0 Å². The Bertz CT molecular complexity index is 734. The lowest BCUT2D eigenvalue weighted by molar-refractivity contribution is -0.143. The number of fused-ring (bicyclic) bond motifs is 1. The molecule has 1 aliphatic rings. The SMILES string of the molecule is Cc1ccc2cc(C(=O)N3CCC(C(=O)O)CC3)ccc2n1. The number of aromatic nitrogens is 1. The molecule has 0 bridgehead atoms. The molecule has 1 aromatic heterocycles. The van der Waals surface area contributed by atoms with E-state index in [-0.39, 0.29) is 11.8 Å². The smallest absolute Gasteiger partial charge is 0.306 e. The molecule has 1 aromatic carbocycles. The standard InChI is InChI=1S/C17H18N2O3/c1-11-2-3-13-10-14(4-5-15(13)18-11)16(20)19-8-6-12(7-9-19)17(21)22/h2-5,10,12H,6-9H2,1H3,(H,21,22). The van der Waals surface area contributed by atoms with Crippen molar-refractivity contribution in [3.05, 3.63) is 41.6 Å². The maximum atomic E-state index is 12.5. The summed E-state index contributed by atoms with van der Waals surface area (Å²) in [6.45, 7) is 2.94. The highest BCUT2D eigenvalue weighted by Gasteiger charge is 2.27. The highest BCUT2D eigenvalue weighted by molar-refractivity contribution is 5.98. The topological polar surface area (TPSA) is 70.5 Å². The summed E-state index contributed by atoms with van der Waals surface area (Å²) < 4.78 is 0. The molecule has 2 heterocycles. The molecule has 1 saturated heterocycles. The van der Waals surface area contributed by atoms with Crippen molar-refractivity contribution >= 4 is 22.8 Å². The van der Waals surface area contributed by atoms with E-state index in [0.717, 1.165) is 16.6 Å². The Kier molecular flexibility index (Phi) is 3.79. The molecule has 5 heteroatoms. The monoisotopic (exact) mass is 298 g/mol. The van der Waals surface area contributed by atoms with Crippen LogP contribution in [-0.2, 0) is 4.79 Å². The number of aryl methyl sites for hydroxylation is 1. The Morgan fingerprint density at radius 1 is 1.18 bits per heavy atom. The Morgan fingerprint density at radius 3 is 2.59 bits per heavy atom. The highest BCUT2D eigenvalue weighted by atomic mass is 16.4. The number of rotatable bonds is 2. The van der Waals surface area contributed by atoms with Crippen LogP contribution in [0.3, 0.4) is 0 Å². The minimum absolute atomic E-state index is 0.0358. The predicted octanol–water partition coefficient (Wildman–Crippen LogP) is 2.48. The number of aliphatic carboxylic acids is 1. The number of hydrogen-bond acceptors (Lipinski definition) is 3. The maximum Gasteiger partial charge on any atom is 0.306 e. The Hall–Kier alpha value is -2.43. The van der Waals surface area contributed by atoms with Gasteiger partial charge in [0.1, 0.15) is 0 Å². The fourth-order valence-electron chi connectivity index (χ4n) is 2.87. The summed E-state index contributed by atoms with van der Waals surface area (Å²) in [5.41, 5.74) is 2.45. The first-order chi connectivity index (χ1) is 10.5. The molecule has 0 radical (unpaired) electrons. The molecule has 1 amide bonds. The van der Waals surface area contributed by atoms with Gasteiger partial charge in [-0.3, -0.25) is 14.6 Å². The summed E-state index contributed by atoms with van der Waals surface area (Å²) in [5.74, 6) is -1.13. The van der Waals surface area contributed by atoms with Gasteiger partial charge in [-0.2, -0.15) is 0 Å². The number of amides is 1. The summed E-state index contributed by atoms with van der Waals surface area (Å²) in [7, 11) is 0. The van der Waals surface area contributed by atoms with Crippen LogP contribution in [0.25, 0.3) is 10.9 Å². The van der Waals surface area contributed by atoms with Crippen LogP contribution in [0.4, 0.5) is 0 Å². The molecule has 1 aliphatic heterocycles. The molecule has 1 N–H and O–H groups in total. The molecule has 0 spiro atoms. The number of carboxylic acids is 1. The van der Waals surface area contributed by atoms with Gasteiger partial charge in [-0.15, -0.1) is 0 Å². The number of carbonyl (C=O) groups is 2. The van der Waals surface area contributed by atoms with Crippen molar-refractivity contribution in [2.75, 3.05) is 13.1 Å². The molecule has 0 aliphatic carbocycles. The quantitative estimate of drug-likeness (QED) is 0.924. The Labute approximate surface area is 128 Å². The second-order valence-corrected chi connectivity index (χ2v) is 5.76. The lowest BCUT2D eigenvalue weighted by Gasteiger charge is -2.30. The van der Waals surface area contributed by atoms with Crippen LogP contribution in [0.2, 0.25) is 0 Å². The molecule has 22 heavy (non-hydrogen) atoms. The minimum atomic E-state index is -0.765. The number of nitrogens with zero attached hydrogens (tertiary/aromatic N) is 2. The van der Waals surface area contributed by atoms with Gasteiger partial charge < -0.3 is 10.0 Å². The zero-order valence-electron chi connectivity index (χ0n) is 12.5. The van der Waals surface area contributed by atoms with E-state index in [1.165, 1.54) is 0 Å². The molecule has 0 atom stereocenters. The van der Waals surface area contributed by atoms with E-state index in [1.54, 1.807) is 11.0 Å². The first-order valence-electron chi connectivity index (χ1n) is 7.44. The number of likely N-dealkylation sites (tertiary alicyclic amines) is 1. The van der Waals surface area contributed by atoms with Crippen molar-refractivity contribution < 1.29 is 14.7 Å². The van der Waals surface area contributed by atoms with Crippen LogP contribution in [-0.4, -0.2) is 40.0 Å². The second-order valence-electron chi connectivity index (χ2n) is 5.76. The van der Waals surface area contributed by atoms with Gasteiger partial charge >= 0.3 is 5.97 Å². The van der Waals surface area contributed by atoms with Crippen molar-refractivity contribution in [2.24, 2.45) is 5.92 Å². The molecule has 2 aromatic rings. The van der Waals surface area contributed by atoms with E-state index in [0.29, 0.717) is 31.5 Å². The summed E-state index contributed by atoms with van der Waals surface area (Å²) in [5, 5.41) is 9.95. The zero-order chi connectivity index (χ0) is 15.7. The number of carbonyl (C=O) groups excluding carboxylic acids is 1. The maximum absolute atomic E-state index is 12.5. The normalized spacial score (nSPS) is 16.0. The van der Waals surface area contributed by atoms with Crippen molar-refractivity contribution in [1.82, 2.24) is 9.88 Å². The summed E-state index contributed by atoms with van der Waals surface area (Å²) in [6.07, 6.45) is 1.05. The summed E-state index contributed by atoms with van der Waals surface area (Å²) in [6, 6.07) is 9.40. The van der Waals surface area contributed by atoms with E-state index in [4.69, 9.17) is 5.11 Å². The van der Waals surface area contributed by atoms with Gasteiger partial charge in [-0.25, -0.2) is 0 Å². The van der Waals surface area contributed by atoms with E-state index >= 15 is 0 Å². The number of piperidine rings is 1. The number of benzene rings is 1. The third kappa shape index (κ3) is 2.79. The van der Waals surface area contributed by atoms with Crippen molar-refractivity contribution in [3.8, 4) is 0 Å². The van der Waals surface area contributed by atoms with E-state index in [2.05, 4.69) is 4.98 Å². The molecule has 5 nitrogen and oxygen atoms in total. The van der Waals surface area contributed by atoms with Crippen LogP contribution in [0, 0.1) is 12.8 Å². The highest BCUT2D eigenvalue weighted by Crippen LogP contribution is 2.21. The molecule has 114 valence electrons. The van der Waals surface area contributed by atoms with Gasteiger partial charge in [0.2, 0.25) is 0 Å². The first-order valence-corrected chi connectivity index (χ1v) is 7.44. The fraction of sp³-hybridized carbons (Fsp3) is 0.353. The number of carboxylic acid groups (broad SMARTS) is 1. The lowest BCUT2D eigenvalue weighted by Crippen LogP contribution is -2.40. The fourth-order valence-corrected chi connectivity index (χ4v) is 2.87. The summed E-state index contributed by atoms with van der Waals surface area (Å²) in [4.78, 5) is 29.7. The Morgan fingerprint density at radius 2 is 1.91 bits per heavy atom. The third-order valence-electron chi connectivity index (χ3n) is 4.21. The lowest BCUT2D eigenvalue weighted by atomic mass is 9.96. The van der Waals surface area contributed by atoms with Crippen LogP contribution in [0.5, 0.6) is 0 Å². The first kappa shape index (κ1) is 14.5. The molecule has 0 saturated carbocycles. The van der Waals surface area contributed by atoms with Crippen LogP contribution in [0.15, 0.2) is 30.3 Å². The molecule has 0 unspecified atom stereocenters. The van der Waals surface area contributed by atoms with Gasteiger partial charge in [0.05, 0.1) is 11.4 Å². The number of pyridine rings is 1. The van der Waals surface area contributed by atoms with E-state index in [1.807, 2.05) is 31.2 Å². The molecular weight excluding hydrogens is 280 g/mol. The zero-order valence-corrected chi connectivity index (χ0v) is 12.5. The van der Waals surface area contributed by atoms with E-state index < -0.39 is 5.97 Å². The molecule has 3 rings (SSSR count). The predicted molar refractivity (Wildman–Crippen MR) is 82.7 cm³/mol. The second kappa shape index (κ2) is 5.75. The average Bonchev–Trinajstić information content (AvgIpc) is 2.53. The largest absolute Gasteiger partial charge is 0.481 e. The van der Waals surface area contributed by atoms with Gasteiger partial charge in [0.15, 0.2) is 0 Å².